The van der Waals surface area contributed by atoms with Gasteiger partial charge < -0.3 is 10.5 Å². The third kappa shape index (κ3) is 2.20. The summed E-state index contributed by atoms with van der Waals surface area (Å²) in [5.74, 6) is 0.936. The first-order chi connectivity index (χ1) is 7.77. The third-order valence-corrected chi connectivity index (χ3v) is 3.34. The number of benzene rings is 1. The van der Waals surface area contributed by atoms with E-state index in [0.29, 0.717) is 12.6 Å². The van der Waals surface area contributed by atoms with Crippen LogP contribution < -0.4 is 10.5 Å². The van der Waals surface area contributed by atoms with Crippen LogP contribution in [0.15, 0.2) is 24.3 Å². The molecule has 0 bridgehead atoms. The fraction of sp³-hybridized carbons (Fsp3) is 0.538. The average molecular weight is 220 g/mol. The Morgan fingerprint density at radius 3 is 2.69 bits per heavy atom. The highest BCUT2D eigenvalue weighted by Gasteiger charge is 2.32. The van der Waals surface area contributed by atoms with Crippen LogP contribution in [0.25, 0.3) is 0 Å². The number of nitrogens with two attached hydrogens (primary N) is 1. The van der Waals surface area contributed by atoms with Crippen molar-refractivity contribution >= 4 is 0 Å². The van der Waals surface area contributed by atoms with E-state index < -0.39 is 0 Å². The summed E-state index contributed by atoms with van der Waals surface area (Å²) < 4.78 is 5.40. The second kappa shape index (κ2) is 4.85. The van der Waals surface area contributed by atoms with E-state index in [4.69, 9.17) is 10.5 Å². The van der Waals surface area contributed by atoms with Crippen LogP contribution in [0.5, 0.6) is 5.75 Å². The molecule has 2 rings (SSSR count). The minimum atomic E-state index is 0.267. The summed E-state index contributed by atoms with van der Waals surface area (Å²) in [6.07, 6.45) is 2.59. The standard InChI is InChI=1S/C13H20N2O/c1-15(10-7-8-10)12(9-14)11-5-3-4-6-13(11)16-2/h3-6,10,12H,7-9,14H2,1-2H3. The second-order valence-corrected chi connectivity index (χ2v) is 4.39. The molecule has 0 saturated heterocycles. The average Bonchev–Trinajstić information content (AvgIpc) is 3.14. The van der Waals surface area contributed by atoms with Gasteiger partial charge in [-0.3, -0.25) is 4.90 Å². The second-order valence-electron chi connectivity index (χ2n) is 4.39. The van der Waals surface area contributed by atoms with Gasteiger partial charge in [0.2, 0.25) is 0 Å². The molecule has 1 aromatic carbocycles. The molecule has 1 atom stereocenters. The number of rotatable bonds is 5. The summed E-state index contributed by atoms with van der Waals surface area (Å²) in [5.41, 5.74) is 7.09. The van der Waals surface area contributed by atoms with Crippen molar-refractivity contribution in [2.24, 2.45) is 5.73 Å². The Bertz CT molecular complexity index is 350. The third-order valence-electron chi connectivity index (χ3n) is 3.34. The van der Waals surface area contributed by atoms with Gasteiger partial charge in [-0.25, -0.2) is 0 Å². The van der Waals surface area contributed by atoms with Crippen molar-refractivity contribution in [3.05, 3.63) is 29.8 Å². The van der Waals surface area contributed by atoms with Crippen LogP contribution in [0.2, 0.25) is 0 Å². The van der Waals surface area contributed by atoms with Gasteiger partial charge in [0.25, 0.3) is 0 Å². The zero-order valence-corrected chi connectivity index (χ0v) is 10.0. The molecule has 1 saturated carbocycles. The topological polar surface area (TPSA) is 38.5 Å². The van der Waals surface area contributed by atoms with Gasteiger partial charge in [0.1, 0.15) is 5.75 Å². The summed E-state index contributed by atoms with van der Waals surface area (Å²) >= 11 is 0. The molecule has 16 heavy (non-hydrogen) atoms. The molecule has 0 heterocycles. The maximum absolute atomic E-state index is 5.90. The summed E-state index contributed by atoms with van der Waals surface area (Å²) in [7, 11) is 3.87. The van der Waals surface area contributed by atoms with Gasteiger partial charge in [-0.2, -0.15) is 0 Å². The lowest BCUT2D eigenvalue weighted by atomic mass is 10.0. The van der Waals surface area contributed by atoms with Crippen LogP contribution in [0.4, 0.5) is 0 Å². The van der Waals surface area contributed by atoms with E-state index in [1.165, 1.54) is 18.4 Å². The van der Waals surface area contributed by atoms with Crippen LogP contribution in [-0.2, 0) is 0 Å². The minimum Gasteiger partial charge on any atom is -0.496 e. The lowest BCUT2D eigenvalue weighted by Gasteiger charge is -2.28. The van der Waals surface area contributed by atoms with Gasteiger partial charge in [-0.05, 0) is 26.0 Å². The van der Waals surface area contributed by atoms with Crippen molar-refractivity contribution in [3.63, 3.8) is 0 Å². The van der Waals surface area contributed by atoms with Crippen LogP contribution in [0.1, 0.15) is 24.4 Å². The summed E-state index contributed by atoms with van der Waals surface area (Å²) in [5, 5.41) is 0. The number of nitrogens with zero attached hydrogens (tertiary/aromatic N) is 1. The zero-order valence-electron chi connectivity index (χ0n) is 10.0. The van der Waals surface area contributed by atoms with Gasteiger partial charge in [0, 0.05) is 18.2 Å². The number of methoxy groups -OCH3 is 1. The van der Waals surface area contributed by atoms with Gasteiger partial charge in [-0.1, -0.05) is 18.2 Å². The molecule has 0 radical (unpaired) electrons. The molecule has 2 N–H and O–H groups in total. The molecule has 3 heteroatoms. The van der Waals surface area contributed by atoms with E-state index in [-0.39, 0.29) is 6.04 Å². The fourth-order valence-electron chi connectivity index (χ4n) is 2.19. The van der Waals surface area contributed by atoms with E-state index in [0.717, 1.165) is 5.75 Å². The molecule has 0 aliphatic heterocycles. The molecule has 1 unspecified atom stereocenters. The molecule has 0 spiro atoms. The van der Waals surface area contributed by atoms with Gasteiger partial charge in [0.05, 0.1) is 13.2 Å². The highest BCUT2D eigenvalue weighted by atomic mass is 16.5. The van der Waals surface area contributed by atoms with Crippen LogP contribution >= 0.6 is 0 Å². The van der Waals surface area contributed by atoms with E-state index in [2.05, 4.69) is 18.0 Å². The number of hydrogen-bond donors (Lipinski definition) is 1. The molecule has 1 aromatic rings. The quantitative estimate of drug-likeness (QED) is 0.822. The molecule has 0 aromatic heterocycles. The Morgan fingerprint density at radius 1 is 1.44 bits per heavy atom. The van der Waals surface area contributed by atoms with Gasteiger partial charge in [-0.15, -0.1) is 0 Å². The Labute approximate surface area is 97.2 Å². The number of hydrogen-bond acceptors (Lipinski definition) is 3. The summed E-state index contributed by atoms with van der Waals surface area (Å²) in [4.78, 5) is 2.37. The van der Waals surface area contributed by atoms with Crippen molar-refractivity contribution in [2.45, 2.75) is 24.9 Å². The van der Waals surface area contributed by atoms with Crippen molar-refractivity contribution in [3.8, 4) is 5.75 Å². The maximum atomic E-state index is 5.90. The lowest BCUT2D eigenvalue weighted by Crippen LogP contribution is -2.32. The Morgan fingerprint density at radius 2 is 2.12 bits per heavy atom. The minimum absolute atomic E-state index is 0.267. The van der Waals surface area contributed by atoms with Crippen molar-refractivity contribution < 1.29 is 4.74 Å². The zero-order chi connectivity index (χ0) is 11.5. The van der Waals surface area contributed by atoms with Crippen molar-refractivity contribution in [2.75, 3.05) is 20.7 Å². The fourth-order valence-corrected chi connectivity index (χ4v) is 2.19. The summed E-state index contributed by atoms with van der Waals surface area (Å²) in [6, 6.07) is 9.12. The van der Waals surface area contributed by atoms with Gasteiger partial charge >= 0.3 is 0 Å². The number of para-hydroxylation sites is 1. The number of ether oxygens (including phenoxy) is 1. The van der Waals surface area contributed by atoms with E-state index in [1.807, 2.05) is 18.2 Å². The highest BCUT2D eigenvalue weighted by molar-refractivity contribution is 5.36. The molecular formula is C13H20N2O. The van der Waals surface area contributed by atoms with Gasteiger partial charge in [0.15, 0.2) is 0 Å². The molecule has 3 nitrogen and oxygen atoms in total. The first-order valence-electron chi connectivity index (χ1n) is 5.83. The van der Waals surface area contributed by atoms with Crippen LogP contribution in [0, 0.1) is 0 Å². The molecule has 1 fully saturated rings. The lowest BCUT2D eigenvalue weighted by molar-refractivity contribution is 0.234. The first-order valence-corrected chi connectivity index (χ1v) is 5.83. The Balaban J connectivity index is 2.24. The SMILES string of the molecule is COc1ccccc1C(CN)N(C)C1CC1. The first kappa shape index (κ1) is 11.4. The van der Waals surface area contributed by atoms with E-state index >= 15 is 0 Å². The van der Waals surface area contributed by atoms with Crippen LogP contribution in [0.3, 0.4) is 0 Å². The van der Waals surface area contributed by atoms with Crippen molar-refractivity contribution in [1.82, 2.24) is 4.90 Å². The molecule has 88 valence electrons. The molecular weight excluding hydrogens is 200 g/mol. The highest BCUT2D eigenvalue weighted by Crippen LogP contribution is 2.35. The maximum Gasteiger partial charge on any atom is 0.123 e. The smallest absolute Gasteiger partial charge is 0.123 e. The number of likely N-dealkylation sites (N-methyl/N-ethyl adjacent to an activating group) is 1. The van der Waals surface area contributed by atoms with Crippen molar-refractivity contribution in [1.29, 1.82) is 0 Å². The van der Waals surface area contributed by atoms with E-state index in [9.17, 15) is 0 Å². The van der Waals surface area contributed by atoms with Crippen LogP contribution in [-0.4, -0.2) is 31.6 Å². The summed E-state index contributed by atoms with van der Waals surface area (Å²) in [6.45, 7) is 0.632. The predicted molar refractivity (Wildman–Crippen MR) is 65.6 cm³/mol. The Hall–Kier alpha value is -1.06. The molecule has 1 aliphatic rings. The monoisotopic (exact) mass is 220 g/mol. The normalized spacial score (nSPS) is 17.5. The Kier molecular flexibility index (Phi) is 3.46. The molecule has 0 amide bonds. The molecule has 1 aliphatic carbocycles. The predicted octanol–water partition coefficient (Wildman–Crippen LogP) is 1.79. The largest absolute Gasteiger partial charge is 0.496 e. The van der Waals surface area contributed by atoms with E-state index in [1.54, 1.807) is 7.11 Å².